The summed E-state index contributed by atoms with van der Waals surface area (Å²) in [7, 11) is 0. The van der Waals surface area contributed by atoms with Crippen LogP contribution in [0.4, 0.5) is 0 Å². The summed E-state index contributed by atoms with van der Waals surface area (Å²) in [6.07, 6.45) is 7.80. The molecule has 1 aliphatic rings. The van der Waals surface area contributed by atoms with Crippen molar-refractivity contribution in [1.82, 2.24) is 0 Å². The van der Waals surface area contributed by atoms with E-state index in [0.717, 1.165) is 5.92 Å². The molecule has 1 unspecified atom stereocenters. The molecule has 0 N–H and O–H groups in total. The summed E-state index contributed by atoms with van der Waals surface area (Å²) < 4.78 is 0. The molecule has 12 heavy (non-hydrogen) atoms. The fourth-order valence-electron chi connectivity index (χ4n) is 1.64. The lowest BCUT2D eigenvalue weighted by molar-refractivity contribution is 0.573. The molecule has 0 nitrogen and oxygen atoms in total. The Bertz CT molecular complexity index is 176. The summed E-state index contributed by atoms with van der Waals surface area (Å²) in [5, 5.41) is 0. The molecule has 1 atom stereocenters. The standard InChI is InChI=1S/C12H22/c1-5-12(4)9-11(12)8-6-7-10(2)3/h8,10H,5-7,9H2,1-4H3. The van der Waals surface area contributed by atoms with Gasteiger partial charge in [0.05, 0.1) is 0 Å². The van der Waals surface area contributed by atoms with E-state index in [2.05, 4.69) is 33.8 Å². The van der Waals surface area contributed by atoms with Crippen LogP contribution in [0.2, 0.25) is 0 Å². The normalized spacial score (nSPS) is 31.6. The van der Waals surface area contributed by atoms with Gasteiger partial charge >= 0.3 is 0 Å². The number of hydrogen-bond donors (Lipinski definition) is 0. The third-order valence-electron chi connectivity index (χ3n) is 3.15. The van der Waals surface area contributed by atoms with Gasteiger partial charge in [0, 0.05) is 0 Å². The Hall–Kier alpha value is -0.260. The molecule has 0 heterocycles. The van der Waals surface area contributed by atoms with Crippen LogP contribution < -0.4 is 0 Å². The van der Waals surface area contributed by atoms with E-state index in [1.54, 1.807) is 5.57 Å². The lowest BCUT2D eigenvalue weighted by Crippen LogP contribution is -1.88. The predicted octanol–water partition coefficient (Wildman–Crippen LogP) is 4.17. The van der Waals surface area contributed by atoms with Crippen molar-refractivity contribution >= 4 is 0 Å². The van der Waals surface area contributed by atoms with Crippen molar-refractivity contribution < 1.29 is 0 Å². The lowest BCUT2D eigenvalue weighted by Gasteiger charge is -2.01. The third-order valence-corrected chi connectivity index (χ3v) is 3.15. The highest BCUT2D eigenvalue weighted by Gasteiger charge is 2.41. The SMILES string of the molecule is CCC1(C)CC1=CCCC(C)C. The van der Waals surface area contributed by atoms with Crippen molar-refractivity contribution in [2.45, 2.75) is 53.4 Å². The van der Waals surface area contributed by atoms with E-state index in [-0.39, 0.29) is 0 Å². The molecule has 1 saturated carbocycles. The summed E-state index contributed by atoms with van der Waals surface area (Å²) >= 11 is 0. The molecule has 0 aliphatic heterocycles. The van der Waals surface area contributed by atoms with Crippen molar-refractivity contribution in [3.63, 3.8) is 0 Å². The van der Waals surface area contributed by atoms with Crippen LogP contribution in [0.5, 0.6) is 0 Å². The van der Waals surface area contributed by atoms with Crippen LogP contribution in [0, 0.1) is 11.3 Å². The van der Waals surface area contributed by atoms with Gasteiger partial charge in [0.15, 0.2) is 0 Å². The van der Waals surface area contributed by atoms with Crippen LogP contribution in [0.1, 0.15) is 53.4 Å². The zero-order chi connectivity index (χ0) is 9.19. The maximum Gasteiger partial charge on any atom is -0.00814 e. The van der Waals surface area contributed by atoms with Gasteiger partial charge in [-0.3, -0.25) is 0 Å². The molecule has 0 aromatic carbocycles. The second-order valence-corrected chi connectivity index (χ2v) is 4.79. The van der Waals surface area contributed by atoms with Crippen LogP contribution in [-0.4, -0.2) is 0 Å². The highest BCUT2D eigenvalue weighted by molar-refractivity contribution is 5.30. The van der Waals surface area contributed by atoms with Crippen LogP contribution in [0.15, 0.2) is 11.6 Å². The Labute approximate surface area is 77.1 Å². The second-order valence-electron chi connectivity index (χ2n) is 4.79. The Kier molecular flexibility index (Phi) is 2.98. The molecule has 1 rings (SSSR count). The summed E-state index contributed by atoms with van der Waals surface area (Å²) in [6, 6.07) is 0. The highest BCUT2D eigenvalue weighted by atomic mass is 14.5. The quantitative estimate of drug-likeness (QED) is 0.550. The van der Waals surface area contributed by atoms with Crippen LogP contribution in [0.3, 0.4) is 0 Å². The predicted molar refractivity (Wildman–Crippen MR) is 55.2 cm³/mol. The van der Waals surface area contributed by atoms with Gasteiger partial charge in [-0.15, -0.1) is 0 Å². The fourth-order valence-corrected chi connectivity index (χ4v) is 1.64. The molecule has 0 radical (unpaired) electrons. The molecule has 0 heteroatoms. The van der Waals surface area contributed by atoms with Crippen molar-refractivity contribution in [2.75, 3.05) is 0 Å². The molecule has 1 aliphatic carbocycles. The van der Waals surface area contributed by atoms with Gasteiger partial charge in [-0.1, -0.05) is 39.3 Å². The van der Waals surface area contributed by atoms with E-state index in [4.69, 9.17) is 0 Å². The smallest absolute Gasteiger partial charge is 0.00814 e. The Balaban J connectivity index is 2.24. The lowest BCUT2D eigenvalue weighted by atomic mass is 10.0. The number of hydrogen-bond acceptors (Lipinski definition) is 0. The first kappa shape index (κ1) is 9.83. The average Bonchev–Trinajstić information content (AvgIpc) is 2.63. The van der Waals surface area contributed by atoms with Crippen molar-refractivity contribution in [1.29, 1.82) is 0 Å². The van der Waals surface area contributed by atoms with Gasteiger partial charge in [0.2, 0.25) is 0 Å². The molecule has 0 amide bonds. The van der Waals surface area contributed by atoms with E-state index >= 15 is 0 Å². The Morgan fingerprint density at radius 1 is 1.50 bits per heavy atom. The monoisotopic (exact) mass is 166 g/mol. The summed E-state index contributed by atoms with van der Waals surface area (Å²) in [4.78, 5) is 0. The zero-order valence-corrected chi connectivity index (χ0v) is 8.98. The van der Waals surface area contributed by atoms with Crippen molar-refractivity contribution in [3.8, 4) is 0 Å². The largest absolute Gasteiger partial charge is 0.0847 e. The van der Waals surface area contributed by atoms with Crippen molar-refractivity contribution in [2.24, 2.45) is 11.3 Å². The maximum absolute atomic E-state index is 2.48. The van der Waals surface area contributed by atoms with Gasteiger partial charge in [0.25, 0.3) is 0 Å². The molecular weight excluding hydrogens is 144 g/mol. The minimum atomic E-state index is 0.608. The van der Waals surface area contributed by atoms with Gasteiger partial charge in [-0.25, -0.2) is 0 Å². The topological polar surface area (TPSA) is 0 Å². The van der Waals surface area contributed by atoms with E-state index < -0.39 is 0 Å². The first-order valence-electron chi connectivity index (χ1n) is 5.28. The third kappa shape index (κ3) is 2.36. The summed E-state index contributed by atoms with van der Waals surface area (Å²) in [5.41, 5.74) is 2.32. The van der Waals surface area contributed by atoms with Crippen LogP contribution in [-0.2, 0) is 0 Å². The second kappa shape index (κ2) is 3.64. The van der Waals surface area contributed by atoms with Gasteiger partial charge in [0.1, 0.15) is 0 Å². The number of allylic oxidation sites excluding steroid dienone is 2. The summed E-state index contributed by atoms with van der Waals surface area (Å²) in [5.74, 6) is 0.855. The Morgan fingerprint density at radius 2 is 2.17 bits per heavy atom. The molecule has 0 aromatic rings. The van der Waals surface area contributed by atoms with E-state index in [1.807, 2.05) is 0 Å². The average molecular weight is 166 g/mol. The highest BCUT2D eigenvalue weighted by Crippen LogP contribution is 2.54. The Morgan fingerprint density at radius 3 is 2.58 bits per heavy atom. The first-order valence-corrected chi connectivity index (χ1v) is 5.28. The molecule has 0 bridgehead atoms. The molecular formula is C12H22. The minimum Gasteiger partial charge on any atom is -0.0847 e. The molecule has 0 saturated heterocycles. The summed E-state index contributed by atoms with van der Waals surface area (Å²) in [6.45, 7) is 9.27. The molecule has 0 spiro atoms. The molecule has 70 valence electrons. The van der Waals surface area contributed by atoms with E-state index in [0.29, 0.717) is 5.41 Å². The van der Waals surface area contributed by atoms with Gasteiger partial charge in [-0.2, -0.15) is 0 Å². The zero-order valence-electron chi connectivity index (χ0n) is 8.98. The van der Waals surface area contributed by atoms with Crippen molar-refractivity contribution in [3.05, 3.63) is 11.6 Å². The van der Waals surface area contributed by atoms with Crippen LogP contribution >= 0.6 is 0 Å². The van der Waals surface area contributed by atoms with Crippen LogP contribution in [0.25, 0.3) is 0 Å². The number of rotatable bonds is 4. The van der Waals surface area contributed by atoms with Gasteiger partial charge < -0.3 is 0 Å². The van der Waals surface area contributed by atoms with E-state index in [1.165, 1.54) is 25.7 Å². The van der Waals surface area contributed by atoms with Gasteiger partial charge in [-0.05, 0) is 37.0 Å². The first-order chi connectivity index (χ1) is 5.58. The molecule has 1 fully saturated rings. The minimum absolute atomic E-state index is 0.608. The maximum atomic E-state index is 2.48. The fraction of sp³-hybridized carbons (Fsp3) is 0.833. The molecule has 0 aromatic heterocycles. The van der Waals surface area contributed by atoms with E-state index in [9.17, 15) is 0 Å².